The van der Waals surface area contributed by atoms with Gasteiger partial charge in [0.2, 0.25) is 5.91 Å². The smallest absolute Gasteiger partial charge is 0.246 e. The average molecular weight is 421 g/mol. The van der Waals surface area contributed by atoms with E-state index in [1.807, 2.05) is 36.4 Å². The van der Waals surface area contributed by atoms with Gasteiger partial charge in [-0.25, -0.2) is 0 Å². The number of phenolic OH excluding ortho intramolecular Hbond substituents is 1. The SMILES string of the molecule is C=C(C)C(=O)NCc1cc(C(C)(C)CCCCC)cc(-n2nc3ccccc3n2)c1O. The van der Waals surface area contributed by atoms with Gasteiger partial charge in [-0.05, 0) is 48.6 Å². The minimum atomic E-state index is -0.239. The topological polar surface area (TPSA) is 80.0 Å². The van der Waals surface area contributed by atoms with E-state index in [-0.39, 0.29) is 23.6 Å². The Balaban J connectivity index is 2.06. The fourth-order valence-corrected chi connectivity index (χ4v) is 3.61. The first-order valence-electron chi connectivity index (χ1n) is 10.9. The molecule has 1 aromatic heterocycles. The van der Waals surface area contributed by atoms with Gasteiger partial charge in [-0.1, -0.05) is 58.7 Å². The van der Waals surface area contributed by atoms with Crippen LogP contribution in [0.1, 0.15) is 64.5 Å². The Labute approximate surface area is 184 Å². The van der Waals surface area contributed by atoms with Gasteiger partial charge in [-0.2, -0.15) is 0 Å². The van der Waals surface area contributed by atoms with Crippen LogP contribution in [0, 0.1) is 0 Å². The number of fused-ring (bicyclic) bond motifs is 1. The number of hydrogen-bond acceptors (Lipinski definition) is 4. The van der Waals surface area contributed by atoms with Crippen LogP contribution in [-0.2, 0) is 16.8 Å². The maximum absolute atomic E-state index is 12.0. The largest absolute Gasteiger partial charge is 0.505 e. The van der Waals surface area contributed by atoms with Gasteiger partial charge in [0.05, 0.1) is 0 Å². The Kier molecular flexibility index (Phi) is 6.78. The van der Waals surface area contributed by atoms with Gasteiger partial charge in [-0.15, -0.1) is 15.0 Å². The van der Waals surface area contributed by atoms with Crippen molar-refractivity contribution < 1.29 is 9.90 Å². The van der Waals surface area contributed by atoms with Gasteiger partial charge in [-0.3, -0.25) is 4.79 Å². The molecule has 164 valence electrons. The second kappa shape index (κ2) is 9.33. The Morgan fingerprint density at radius 1 is 1.16 bits per heavy atom. The van der Waals surface area contributed by atoms with Crippen LogP contribution in [0.3, 0.4) is 0 Å². The maximum Gasteiger partial charge on any atom is 0.246 e. The summed E-state index contributed by atoms with van der Waals surface area (Å²) < 4.78 is 0. The molecule has 6 nitrogen and oxygen atoms in total. The predicted octanol–water partition coefficient (Wildman–Crippen LogP) is 5.18. The zero-order valence-corrected chi connectivity index (χ0v) is 18.9. The first-order valence-corrected chi connectivity index (χ1v) is 10.9. The van der Waals surface area contributed by atoms with Crippen molar-refractivity contribution in [2.75, 3.05) is 0 Å². The summed E-state index contributed by atoms with van der Waals surface area (Å²) in [5.74, 6) is -0.174. The lowest BCUT2D eigenvalue weighted by molar-refractivity contribution is -0.117. The highest BCUT2D eigenvalue weighted by atomic mass is 16.3. The third-order valence-electron chi connectivity index (χ3n) is 5.68. The van der Waals surface area contributed by atoms with Crippen LogP contribution < -0.4 is 5.32 Å². The number of nitrogens with one attached hydrogen (secondary N) is 1. The Morgan fingerprint density at radius 3 is 2.39 bits per heavy atom. The number of nitrogens with zero attached hydrogens (tertiary/aromatic N) is 3. The molecule has 1 amide bonds. The van der Waals surface area contributed by atoms with Gasteiger partial charge >= 0.3 is 0 Å². The second-order valence-electron chi connectivity index (χ2n) is 8.79. The molecule has 0 atom stereocenters. The van der Waals surface area contributed by atoms with Crippen LogP contribution in [0.2, 0.25) is 0 Å². The van der Waals surface area contributed by atoms with Crippen molar-refractivity contribution >= 4 is 16.9 Å². The Hall–Kier alpha value is -3.15. The fourth-order valence-electron chi connectivity index (χ4n) is 3.61. The number of aromatic hydroxyl groups is 1. The standard InChI is InChI=1S/C25H32N4O2/c1-6-7-10-13-25(4,5)19-14-18(16-26-24(31)17(2)3)23(30)22(15-19)29-27-20-11-8-9-12-21(20)28-29/h8-9,11-12,14-15,30H,2,6-7,10,13,16H2,1,3-5H3,(H,26,31). The number of benzene rings is 2. The zero-order chi connectivity index (χ0) is 22.6. The van der Waals surface area contributed by atoms with E-state index in [1.54, 1.807) is 6.92 Å². The molecule has 0 saturated carbocycles. The van der Waals surface area contributed by atoms with E-state index in [4.69, 9.17) is 0 Å². The quantitative estimate of drug-likeness (QED) is 0.369. The average Bonchev–Trinajstić information content (AvgIpc) is 3.16. The van der Waals surface area contributed by atoms with Crippen LogP contribution >= 0.6 is 0 Å². The Morgan fingerprint density at radius 2 is 1.81 bits per heavy atom. The third kappa shape index (κ3) is 5.13. The van der Waals surface area contributed by atoms with Crippen LogP contribution in [0.5, 0.6) is 5.75 Å². The highest BCUT2D eigenvalue weighted by Crippen LogP contribution is 2.36. The molecule has 0 aliphatic heterocycles. The van der Waals surface area contributed by atoms with Crippen LogP contribution in [0.4, 0.5) is 0 Å². The van der Waals surface area contributed by atoms with Crippen LogP contribution in [0.25, 0.3) is 16.7 Å². The normalized spacial score (nSPS) is 11.6. The van der Waals surface area contributed by atoms with Gasteiger partial charge in [0.1, 0.15) is 22.5 Å². The van der Waals surface area contributed by atoms with Crippen LogP contribution in [0.15, 0.2) is 48.6 Å². The van der Waals surface area contributed by atoms with Gasteiger partial charge in [0, 0.05) is 17.7 Å². The third-order valence-corrected chi connectivity index (χ3v) is 5.68. The molecule has 3 aromatic rings. The van der Waals surface area contributed by atoms with E-state index in [0.717, 1.165) is 29.4 Å². The summed E-state index contributed by atoms with van der Waals surface area (Å²) in [7, 11) is 0. The van der Waals surface area contributed by atoms with Crippen LogP contribution in [-0.4, -0.2) is 26.0 Å². The lowest BCUT2D eigenvalue weighted by atomic mass is 9.79. The second-order valence-corrected chi connectivity index (χ2v) is 8.79. The summed E-state index contributed by atoms with van der Waals surface area (Å²) in [5.41, 5.74) is 4.06. The maximum atomic E-state index is 12.0. The molecule has 0 fully saturated rings. The van der Waals surface area contributed by atoms with Crippen molar-refractivity contribution in [1.29, 1.82) is 0 Å². The molecule has 3 rings (SSSR count). The van der Waals surface area contributed by atoms with E-state index >= 15 is 0 Å². The van der Waals surface area contributed by atoms with E-state index in [2.05, 4.69) is 42.9 Å². The first kappa shape index (κ1) is 22.5. The summed E-state index contributed by atoms with van der Waals surface area (Å²) in [6.07, 6.45) is 4.50. The molecule has 0 spiro atoms. The molecule has 0 aliphatic rings. The summed E-state index contributed by atoms with van der Waals surface area (Å²) in [4.78, 5) is 13.5. The lowest BCUT2D eigenvalue weighted by Crippen LogP contribution is -2.24. The summed E-state index contributed by atoms with van der Waals surface area (Å²) in [6.45, 7) is 12.2. The molecule has 0 bridgehead atoms. The van der Waals surface area contributed by atoms with Crippen molar-refractivity contribution in [2.45, 2.75) is 65.3 Å². The summed E-state index contributed by atoms with van der Waals surface area (Å²) in [6, 6.07) is 11.5. The molecule has 6 heteroatoms. The van der Waals surface area contributed by atoms with Crippen molar-refractivity contribution in [3.63, 3.8) is 0 Å². The molecule has 1 heterocycles. The number of phenols is 1. The number of carbonyl (C=O) groups excluding carboxylic acids is 1. The molecule has 31 heavy (non-hydrogen) atoms. The molecule has 2 N–H and O–H groups in total. The molecule has 0 aliphatic carbocycles. The molecule has 2 aromatic carbocycles. The highest BCUT2D eigenvalue weighted by Gasteiger charge is 2.24. The van der Waals surface area contributed by atoms with E-state index in [9.17, 15) is 9.90 Å². The van der Waals surface area contributed by atoms with Gasteiger partial charge in [0.15, 0.2) is 0 Å². The lowest BCUT2D eigenvalue weighted by Gasteiger charge is -2.27. The Bertz CT molecular complexity index is 1070. The highest BCUT2D eigenvalue weighted by molar-refractivity contribution is 5.92. The number of hydrogen-bond donors (Lipinski definition) is 2. The molecule has 0 unspecified atom stereocenters. The molecule has 0 saturated heterocycles. The number of aromatic nitrogens is 3. The zero-order valence-electron chi connectivity index (χ0n) is 18.9. The predicted molar refractivity (Wildman–Crippen MR) is 124 cm³/mol. The van der Waals surface area contributed by atoms with E-state index in [0.29, 0.717) is 16.8 Å². The first-order chi connectivity index (χ1) is 14.7. The molecular formula is C25H32N4O2. The van der Waals surface area contributed by atoms with Crippen molar-refractivity contribution in [3.05, 3.63) is 59.7 Å². The van der Waals surface area contributed by atoms with Crippen molar-refractivity contribution in [3.8, 4) is 11.4 Å². The number of carbonyl (C=O) groups is 1. The van der Waals surface area contributed by atoms with Crippen molar-refractivity contribution in [2.24, 2.45) is 0 Å². The minimum Gasteiger partial charge on any atom is -0.505 e. The monoisotopic (exact) mass is 420 g/mol. The minimum absolute atomic E-state index is 0.0652. The molecular weight excluding hydrogens is 388 g/mol. The number of amides is 1. The van der Waals surface area contributed by atoms with Gasteiger partial charge in [0.25, 0.3) is 0 Å². The summed E-state index contributed by atoms with van der Waals surface area (Å²) in [5, 5.41) is 23.0. The summed E-state index contributed by atoms with van der Waals surface area (Å²) >= 11 is 0. The fraction of sp³-hybridized carbons (Fsp3) is 0.400. The van der Waals surface area contributed by atoms with E-state index < -0.39 is 0 Å². The van der Waals surface area contributed by atoms with Gasteiger partial charge < -0.3 is 10.4 Å². The van der Waals surface area contributed by atoms with E-state index in [1.165, 1.54) is 17.6 Å². The number of unbranched alkanes of at least 4 members (excludes halogenated alkanes) is 2. The number of rotatable bonds is 9. The van der Waals surface area contributed by atoms with Crippen molar-refractivity contribution in [1.82, 2.24) is 20.3 Å². The molecule has 0 radical (unpaired) electrons.